The van der Waals surface area contributed by atoms with E-state index in [1.54, 1.807) is 0 Å². The van der Waals surface area contributed by atoms with E-state index in [2.05, 4.69) is 20.5 Å². The van der Waals surface area contributed by atoms with Crippen LogP contribution in [0.15, 0.2) is 24.3 Å². The molecule has 2 heterocycles. The molecule has 1 aromatic heterocycles. The molecule has 1 aliphatic heterocycles. The van der Waals surface area contributed by atoms with E-state index < -0.39 is 0 Å². The monoisotopic (exact) mass is 256 g/mol. The van der Waals surface area contributed by atoms with Crippen molar-refractivity contribution in [3.63, 3.8) is 0 Å². The second-order valence-electron chi connectivity index (χ2n) is 5.34. The summed E-state index contributed by atoms with van der Waals surface area (Å²) >= 11 is 0. The minimum atomic E-state index is 0.329. The summed E-state index contributed by atoms with van der Waals surface area (Å²) in [5.74, 6) is 1.34. The molecule has 0 spiro atoms. The van der Waals surface area contributed by atoms with Gasteiger partial charge in [-0.2, -0.15) is 0 Å². The Bertz CT molecular complexity index is 599. The smallest absolute Gasteiger partial charge is 0.243 e. The lowest BCUT2D eigenvalue weighted by molar-refractivity contribution is 0.0897. The van der Waals surface area contributed by atoms with E-state index in [4.69, 9.17) is 4.74 Å². The maximum Gasteiger partial charge on any atom is 0.243 e. The van der Waals surface area contributed by atoms with Gasteiger partial charge in [0.05, 0.1) is 17.7 Å². The largest absolute Gasteiger partial charge is 0.376 e. The van der Waals surface area contributed by atoms with Crippen molar-refractivity contribution in [2.45, 2.75) is 31.4 Å². The molecule has 0 amide bonds. The highest BCUT2D eigenvalue weighted by atomic mass is 16.5. The highest BCUT2D eigenvalue weighted by Crippen LogP contribution is 2.39. The van der Waals surface area contributed by atoms with Crippen molar-refractivity contribution < 1.29 is 4.74 Å². The minimum absolute atomic E-state index is 0.329. The van der Waals surface area contributed by atoms with Crippen molar-refractivity contribution in [3.8, 4) is 0 Å². The van der Waals surface area contributed by atoms with Gasteiger partial charge in [-0.1, -0.05) is 12.1 Å². The molecule has 1 saturated heterocycles. The van der Waals surface area contributed by atoms with Gasteiger partial charge in [0.15, 0.2) is 0 Å². The number of aromatic nitrogens is 3. The fourth-order valence-corrected chi connectivity index (χ4v) is 2.76. The Balaban J connectivity index is 1.57. The van der Waals surface area contributed by atoms with Crippen molar-refractivity contribution in [2.24, 2.45) is 5.92 Å². The predicted octanol–water partition coefficient (Wildman–Crippen LogP) is 2.00. The average Bonchev–Trinajstić information content (AvgIpc) is 3.19. The zero-order valence-electron chi connectivity index (χ0n) is 10.6. The number of ether oxygens (including phenoxy) is 1. The first kappa shape index (κ1) is 11.1. The number of benzene rings is 1. The van der Waals surface area contributed by atoms with Crippen molar-refractivity contribution in [2.75, 3.05) is 11.9 Å². The van der Waals surface area contributed by atoms with Crippen LogP contribution in [0.2, 0.25) is 0 Å². The van der Waals surface area contributed by atoms with Gasteiger partial charge in [0, 0.05) is 6.61 Å². The molecule has 1 saturated carbocycles. The molecule has 2 aliphatic rings. The van der Waals surface area contributed by atoms with Crippen LogP contribution in [0.3, 0.4) is 0 Å². The number of rotatable bonds is 3. The Kier molecular flexibility index (Phi) is 2.58. The number of fused-ring (bicyclic) bond motifs is 1. The summed E-state index contributed by atoms with van der Waals surface area (Å²) in [5.41, 5.74) is 1.70. The molecule has 1 N–H and O–H groups in total. The number of nitrogens with one attached hydrogen (secondary N) is 1. The van der Waals surface area contributed by atoms with E-state index >= 15 is 0 Å². The van der Waals surface area contributed by atoms with Gasteiger partial charge in [-0.15, -0.1) is 10.2 Å². The van der Waals surface area contributed by atoms with Crippen molar-refractivity contribution in [1.82, 2.24) is 15.2 Å². The molecular weight excluding hydrogens is 240 g/mol. The summed E-state index contributed by atoms with van der Waals surface area (Å²) in [6, 6.07) is 8.12. The number of hydrogen-bond acceptors (Lipinski definition) is 5. The summed E-state index contributed by atoms with van der Waals surface area (Å²) in [7, 11) is 0. The van der Waals surface area contributed by atoms with E-state index in [-0.39, 0.29) is 0 Å². The third kappa shape index (κ3) is 2.14. The van der Waals surface area contributed by atoms with Crippen LogP contribution in [0.25, 0.3) is 11.0 Å². The summed E-state index contributed by atoms with van der Waals surface area (Å²) in [6.45, 7) is 0.833. The molecule has 1 aromatic carbocycles. The molecule has 2 aromatic rings. The molecule has 0 bridgehead atoms. The van der Waals surface area contributed by atoms with Gasteiger partial charge in [-0.05, 0) is 37.3 Å². The number of nitrogens with zero attached hydrogens (tertiary/aromatic N) is 3. The molecule has 19 heavy (non-hydrogen) atoms. The van der Waals surface area contributed by atoms with E-state index in [1.807, 2.05) is 24.3 Å². The second-order valence-corrected chi connectivity index (χ2v) is 5.34. The third-order valence-corrected chi connectivity index (χ3v) is 3.90. The van der Waals surface area contributed by atoms with Crippen LogP contribution in [0.4, 0.5) is 5.95 Å². The maximum atomic E-state index is 5.81. The zero-order valence-corrected chi connectivity index (χ0v) is 10.6. The lowest BCUT2D eigenvalue weighted by atomic mass is 10.1. The Hall–Kier alpha value is -1.75. The highest BCUT2D eigenvalue weighted by molar-refractivity contribution is 5.74. The summed E-state index contributed by atoms with van der Waals surface area (Å²) in [6.07, 6.45) is 3.94. The van der Waals surface area contributed by atoms with Gasteiger partial charge in [0.2, 0.25) is 5.95 Å². The average molecular weight is 256 g/mol. The fourth-order valence-electron chi connectivity index (χ4n) is 2.76. The zero-order chi connectivity index (χ0) is 12.7. The minimum Gasteiger partial charge on any atom is -0.376 e. The fraction of sp³-hybridized carbons (Fsp3) is 0.500. The van der Waals surface area contributed by atoms with E-state index in [0.717, 1.165) is 30.0 Å². The Morgan fingerprint density at radius 2 is 1.89 bits per heavy atom. The van der Waals surface area contributed by atoms with Gasteiger partial charge in [0.1, 0.15) is 5.52 Å². The lowest BCUT2D eigenvalue weighted by Gasteiger charge is -2.19. The molecule has 2 fully saturated rings. The number of anilines is 1. The van der Waals surface area contributed by atoms with Crippen molar-refractivity contribution in [3.05, 3.63) is 24.3 Å². The van der Waals surface area contributed by atoms with Crippen LogP contribution in [0.5, 0.6) is 0 Å². The standard InChI is InChI=1S/C14H16N4O/c1-2-4-11-10(3-1)15-14(18-17-11)16-12-7-8-19-13(12)9-5-6-9/h1-4,9,12-13H,5-8H2,(H,15,16,18). The quantitative estimate of drug-likeness (QED) is 0.910. The molecular formula is C14H16N4O. The second kappa shape index (κ2) is 4.42. The Morgan fingerprint density at radius 1 is 1.05 bits per heavy atom. The molecule has 0 radical (unpaired) electrons. The lowest BCUT2D eigenvalue weighted by Crippen LogP contribution is -2.31. The molecule has 98 valence electrons. The summed E-state index contributed by atoms with van der Waals surface area (Å²) in [5, 5.41) is 11.7. The van der Waals surface area contributed by atoms with Crippen LogP contribution in [0.1, 0.15) is 19.3 Å². The maximum absolute atomic E-state index is 5.81. The van der Waals surface area contributed by atoms with Crippen molar-refractivity contribution in [1.29, 1.82) is 0 Å². The first-order valence-electron chi connectivity index (χ1n) is 6.88. The van der Waals surface area contributed by atoms with Crippen LogP contribution in [-0.2, 0) is 4.74 Å². The molecule has 2 atom stereocenters. The van der Waals surface area contributed by atoms with Crippen molar-refractivity contribution >= 4 is 17.0 Å². The normalized spacial score (nSPS) is 26.7. The van der Waals surface area contributed by atoms with Crippen LogP contribution in [0, 0.1) is 5.92 Å². The highest BCUT2D eigenvalue weighted by Gasteiger charge is 2.40. The molecule has 1 aliphatic carbocycles. The van der Waals surface area contributed by atoms with Crippen LogP contribution in [-0.4, -0.2) is 33.9 Å². The van der Waals surface area contributed by atoms with Gasteiger partial charge >= 0.3 is 0 Å². The number of hydrogen-bond donors (Lipinski definition) is 1. The molecule has 5 nitrogen and oxygen atoms in total. The van der Waals surface area contributed by atoms with E-state index in [9.17, 15) is 0 Å². The third-order valence-electron chi connectivity index (χ3n) is 3.90. The van der Waals surface area contributed by atoms with E-state index in [1.165, 1.54) is 12.8 Å². The topological polar surface area (TPSA) is 59.9 Å². The molecule has 2 unspecified atom stereocenters. The van der Waals surface area contributed by atoms with Gasteiger partial charge < -0.3 is 10.1 Å². The Labute approximate surface area is 111 Å². The first-order chi connectivity index (χ1) is 9.40. The van der Waals surface area contributed by atoms with Gasteiger partial charge in [0.25, 0.3) is 0 Å². The first-order valence-corrected chi connectivity index (χ1v) is 6.88. The summed E-state index contributed by atoms with van der Waals surface area (Å²) < 4.78 is 5.81. The SMILES string of the molecule is c1ccc2nc(NC3CCOC3C3CC3)nnc2c1. The van der Waals surface area contributed by atoms with Crippen LogP contribution < -0.4 is 5.32 Å². The van der Waals surface area contributed by atoms with Crippen LogP contribution >= 0.6 is 0 Å². The van der Waals surface area contributed by atoms with Gasteiger partial charge in [-0.3, -0.25) is 0 Å². The molecule has 4 rings (SSSR count). The predicted molar refractivity (Wildman–Crippen MR) is 71.8 cm³/mol. The summed E-state index contributed by atoms with van der Waals surface area (Å²) in [4.78, 5) is 4.51. The van der Waals surface area contributed by atoms with E-state index in [0.29, 0.717) is 18.1 Å². The Morgan fingerprint density at radius 3 is 2.74 bits per heavy atom. The molecule has 5 heteroatoms. The number of para-hydroxylation sites is 1. The van der Waals surface area contributed by atoms with Gasteiger partial charge in [-0.25, -0.2) is 4.98 Å².